The largest absolute Gasteiger partial charge is 0.481 e. The maximum atomic E-state index is 12.1. The van der Waals surface area contributed by atoms with Gasteiger partial charge in [0.1, 0.15) is 5.60 Å². The van der Waals surface area contributed by atoms with Crippen molar-refractivity contribution in [1.82, 2.24) is 10.1 Å². The van der Waals surface area contributed by atoms with Crippen molar-refractivity contribution < 1.29 is 29.4 Å². The van der Waals surface area contributed by atoms with Crippen LogP contribution in [0.3, 0.4) is 0 Å². The monoisotopic (exact) mass is 301 g/mol. The van der Waals surface area contributed by atoms with E-state index in [4.69, 9.17) is 9.84 Å². The lowest BCUT2D eigenvalue weighted by atomic mass is 9.93. The molecule has 1 atom stereocenters. The van der Waals surface area contributed by atoms with Crippen molar-refractivity contribution in [3.05, 3.63) is 0 Å². The standard InChI is InChI=1S/C12H19N3O6/c1-11(2,3)21-10(19)15(20)12(4)7(6-8(16)17)13-14(5)9(12)18/h20H,6H2,1-5H3,(H,16,17). The number of amides is 2. The zero-order valence-electron chi connectivity index (χ0n) is 12.6. The van der Waals surface area contributed by atoms with Gasteiger partial charge in [-0.1, -0.05) is 0 Å². The Labute approximate surface area is 121 Å². The summed E-state index contributed by atoms with van der Waals surface area (Å²) in [5.41, 5.74) is -2.95. The molecule has 1 rings (SSSR count). The molecule has 0 fully saturated rings. The van der Waals surface area contributed by atoms with E-state index in [9.17, 15) is 19.6 Å². The minimum Gasteiger partial charge on any atom is -0.481 e. The summed E-state index contributed by atoms with van der Waals surface area (Å²) < 4.78 is 4.98. The third-order valence-electron chi connectivity index (χ3n) is 2.85. The van der Waals surface area contributed by atoms with Crippen LogP contribution in [0.25, 0.3) is 0 Å². The van der Waals surface area contributed by atoms with Crippen molar-refractivity contribution in [2.45, 2.75) is 45.3 Å². The van der Waals surface area contributed by atoms with Crippen LogP contribution in [0.5, 0.6) is 0 Å². The summed E-state index contributed by atoms with van der Waals surface area (Å²) >= 11 is 0. The van der Waals surface area contributed by atoms with Crippen molar-refractivity contribution in [2.24, 2.45) is 5.10 Å². The Morgan fingerprint density at radius 2 is 1.95 bits per heavy atom. The fraction of sp³-hybridized carbons (Fsp3) is 0.667. The first kappa shape index (κ1) is 16.9. The van der Waals surface area contributed by atoms with Crippen LogP contribution in [0.4, 0.5) is 4.79 Å². The van der Waals surface area contributed by atoms with Gasteiger partial charge in [-0.3, -0.25) is 14.8 Å². The van der Waals surface area contributed by atoms with E-state index in [2.05, 4.69) is 5.10 Å². The lowest BCUT2D eigenvalue weighted by Gasteiger charge is -2.33. The maximum Gasteiger partial charge on any atom is 0.435 e. The summed E-state index contributed by atoms with van der Waals surface area (Å²) in [6, 6.07) is 0. The molecule has 0 spiro atoms. The van der Waals surface area contributed by atoms with Crippen LogP contribution in [0.15, 0.2) is 5.10 Å². The van der Waals surface area contributed by atoms with E-state index in [0.29, 0.717) is 0 Å². The number of carboxylic acids is 1. The van der Waals surface area contributed by atoms with Gasteiger partial charge < -0.3 is 9.84 Å². The van der Waals surface area contributed by atoms with Gasteiger partial charge in [0.05, 0.1) is 12.1 Å². The number of aliphatic carboxylic acids is 1. The topological polar surface area (TPSA) is 120 Å². The highest BCUT2D eigenvalue weighted by atomic mass is 16.6. The van der Waals surface area contributed by atoms with E-state index < -0.39 is 35.5 Å². The number of rotatable bonds is 3. The summed E-state index contributed by atoms with van der Waals surface area (Å²) in [6.07, 6.45) is -1.75. The van der Waals surface area contributed by atoms with E-state index >= 15 is 0 Å². The van der Waals surface area contributed by atoms with Gasteiger partial charge in [-0.05, 0) is 27.7 Å². The van der Waals surface area contributed by atoms with Crippen LogP contribution in [-0.2, 0) is 14.3 Å². The molecule has 0 aliphatic carbocycles. The molecule has 2 amide bonds. The van der Waals surface area contributed by atoms with Crippen molar-refractivity contribution in [1.29, 1.82) is 0 Å². The summed E-state index contributed by atoms with van der Waals surface area (Å²) in [5.74, 6) is -1.97. The molecule has 118 valence electrons. The van der Waals surface area contributed by atoms with E-state index in [0.717, 1.165) is 5.01 Å². The molecule has 9 nitrogen and oxygen atoms in total. The van der Waals surface area contributed by atoms with Crippen molar-refractivity contribution >= 4 is 23.7 Å². The molecule has 0 saturated carbocycles. The minimum absolute atomic E-state index is 0.0891. The van der Waals surface area contributed by atoms with Gasteiger partial charge in [-0.15, -0.1) is 0 Å². The number of likely N-dealkylation sites (N-methyl/N-ethyl adjacent to an activating group) is 1. The SMILES string of the molecule is CN1N=C(CC(=O)O)C(C)(N(O)C(=O)OC(C)(C)C)C1=O. The van der Waals surface area contributed by atoms with Gasteiger partial charge in [0.15, 0.2) is 5.54 Å². The van der Waals surface area contributed by atoms with E-state index in [1.165, 1.54) is 14.0 Å². The van der Waals surface area contributed by atoms with Crippen LogP contribution in [0, 0.1) is 0 Å². The predicted molar refractivity (Wildman–Crippen MR) is 70.7 cm³/mol. The van der Waals surface area contributed by atoms with Crippen LogP contribution < -0.4 is 0 Å². The van der Waals surface area contributed by atoms with Gasteiger partial charge in [0, 0.05) is 7.05 Å². The molecule has 0 bridgehead atoms. The highest BCUT2D eigenvalue weighted by molar-refractivity contribution is 6.20. The molecular weight excluding hydrogens is 282 g/mol. The number of hydroxylamine groups is 2. The normalized spacial score (nSPS) is 22.1. The van der Waals surface area contributed by atoms with E-state index in [1.54, 1.807) is 20.8 Å². The molecule has 1 unspecified atom stereocenters. The molecule has 0 radical (unpaired) electrons. The zero-order valence-corrected chi connectivity index (χ0v) is 12.6. The first-order valence-electron chi connectivity index (χ1n) is 6.19. The summed E-state index contributed by atoms with van der Waals surface area (Å²) in [7, 11) is 1.30. The number of nitrogens with zero attached hydrogens (tertiary/aromatic N) is 3. The summed E-state index contributed by atoms with van der Waals surface area (Å²) in [4.78, 5) is 34.9. The van der Waals surface area contributed by atoms with Crippen molar-refractivity contribution in [3.8, 4) is 0 Å². The molecule has 1 aliphatic heterocycles. The average molecular weight is 301 g/mol. The molecule has 0 aromatic heterocycles. The molecule has 0 aromatic rings. The fourth-order valence-electron chi connectivity index (χ4n) is 1.81. The van der Waals surface area contributed by atoms with E-state index in [1.807, 2.05) is 0 Å². The summed E-state index contributed by atoms with van der Waals surface area (Å²) in [5, 5.41) is 23.7. The van der Waals surface area contributed by atoms with Crippen LogP contribution in [0.2, 0.25) is 0 Å². The zero-order chi connectivity index (χ0) is 16.6. The van der Waals surface area contributed by atoms with Crippen LogP contribution in [0.1, 0.15) is 34.1 Å². The molecule has 2 N–H and O–H groups in total. The van der Waals surface area contributed by atoms with Gasteiger partial charge >= 0.3 is 12.1 Å². The minimum atomic E-state index is -1.91. The molecule has 9 heteroatoms. The number of carbonyl (C=O) groups excluding carboxylic acids is 2. The first-order valence-corrected chi connectivity index (χ1v) is 6.19. The van der Waals surface area contributed by atoms with E-state index in [-0.39, 0.29) is 10.8 Å². The third kappa shape index (κ3) is 3.30. The summed E-state index contributed by atoms with van der Waals surface area (Å²) in [6.45, 7) is 5.99. The Bertz CT molecular complexity index is 510. The van der Waals surface area contributed by atoms with Gasteiger partial charge in [-0.25, -0.2) is 9.80 Å². The Morgan fingerprint density at radius 1 is 1.43 bits per heavy atom. The number of hydrogen-bond acceptors (Lipinski definition) is 6. The van der Waals surface area contributed by atoms with Crippen LogP contribution in [-0.4, -0.2) is 62.3 Å². The molecule has 0 aromatic carbocycles. The molecule has 1 heterocycles. The smallest absolute Gasteiger partial charge is 0.435 e. The number of carbonyl (C=O) groups is 3. The van der Waals surface area contributed by atoms with Gasteiger partial charge in [0.2, 0.25) is 0 Å². The lowest BCUT2D eigenvalue weighted by molar-refractivity contribution is -0.162. The molecule has 0 saturated heterocycles. The number of hydrazone groups is 1. The lowest BCUT2D eigenvalue weighted by Crippen LogP contribution is -2.59. The predicted octanol–water partition coefficient (Wildman–Crippen LogP) is 0.674. The number of hydrogen-bond donors (Lipinski definition) is 2. The van der Waals surface area contributed by atoms with Crippen molar-refractivity contribution in [2.75, 3.05) is 7.05 Å². The second-order valence-corrected chi connectivity index (χ2v) is 5.81. The Morgan fingerprint density at radius 3 is 2.38 bits per heavy atom. The Hall–Kier alpha value is -2.16. The second-order valence-electron chi connectivity index (χ2n) is 5.81. The molecule has 1 aliphatic rings. The second kappa shape index (κ2) is 5.32. The molecule has 21 heavy (non-hydrogen) atoms. The first-order chi connectivity index (χ1) is 9.39. The highest BCUT2D eigenvalue weighted by Crippen LogP contribution is 2.28. The number of ether oxygens (including phenoxy) is 1. The quantitative estimate of drug-likeness (QED) is 0.584. The molecular formula is C12H19N3O6. The third-order valence-corrected chi connectivity index (χ3v) is 2.85. The van der Waals surface area contributed by atoms with Gasteiger partial charge in [0.25, 0.3) is 5.91 Å². The Kier molecular flexibility index (Phi) is 4.28. The number of carboxylic acid groups (broad SMARTS) is 1. The van der Waals surface area contributed by atoms with Crippen molar-refractivity contribution in [3.63, 3.8) is 0 Å². The maximum absolute atomic E-state index is 12.1. The Balaban J connectivity index is 3.10. The van der Waals surface area contributed by atoms with Crippen LogP contribution >= 0.6 is 0 Å². The average Bonchev–Trinajstić information content (AvgIpc) is 2.51. The fourth-order valence-corrected chi connectivity index (χ4v) is 1.81. The highest BCUT2D eigenvalue weighted by Gasteiger charge is 2.54. The van der Waals surface area contributed by atoms with Gasteiger partial charge in [-0.2, -0.15) is 10.2 Å².